The Labute approximate surface area is 184 Å². The van der Waals surface area contributed by atoms with Crippen LogP contribution in [0.4, 0.5) is 17.6 Å². The standard InChI is InChI=1S/C23H28F4N4O/c24-22(25)5-3-14(4-6-22)7-18-13-31-19(29-18)9-17(12-28-31)21(16-1-2-16)30-20(32)8-15-10-23(26,27)11-15/h9,12-16,21H,1-8,10-11H2,(H,30,32). The molecule has 1 amide bonds. The first-order valence-corrected chi connectivity index (χ1v) is 11.5. The van der Waals surface area contributed by atoms with Gasteiger partial charge in [-0.3, -0.25) is 4.79 Å². The fourth-order valence-corrected chi connectivity index (χ4v) is 5.14. The van der Waals surface area contributed by atoms with Crippen LogP contribution >= 0.6 is 0 Å². The topological polar surface area (TPSA) is 59.3 Å². The Kier molecular flexibility index (Phi) is 5.40. The molecule has 3 aliphatic rings. The number of hydrogen-bond donors (Lipinski definition) is 1. The molecule has 5 rings (SSSR count). The molecule has 3 fully saturated rings. The summed E-state index contributed by atoms with van der Waals surface area (Å²) in [6.07, 6.45) is 6.82. The minimum atomic E-state index is -2.62. The van der Waals surface area contributed by atoms with Gasteiger partial charge in [0.1, 0.15) is 0 Å². The van der Waals surface area contributed by atoms with Crippen molar-refractivity contribution in [2.45, 2.75) is 82.1 Å². The second-order valence-corrected chi connectivity index (χ2v) is 10.0. The summed E-state index contributed by atoms with van der Waals surface area (Å²) in [5.41, 5.74) is 2.36. The van der Waals surface area contributed by atoms with Crippen molar-refractivity contribution < 1.29 is 22.4 Å². The number of aromatic nitrogens is 3. The molecule has 32 heavy (non-hydrogen) atoms. The highest BCUT2D eigenvalue weighted by molar-refractivity contribution is 5.77. The number of fused-ring (bicyclic) bond motifs is 1. The lowest BCUT2D eigenvalue weighted by Gasteiger charge is -2.34. The lowest BCUT2D eigenvalue weighted by molar-refractivity contribution is -0.134. The molecule has 2 aromatic heterocycles. The molecule has 0 spiro atoms. The highest BCUT2D eigenvalue weighted by Gasteiger charge is 2.46. The van der Waals surface area contributed by atoms with E-state index in [9.17, 15) is 22.4 Å². The van der Waals surface area contributed by atoms with Gasteiger partial charge in [-0.2, -0.15) is 5.10 Å². The lowest BCUT2D eigenvalue weighted by atomic mass is 9.79. The van der Waals surface area contributed by atoms with Crippen LogP contribution in [0.25, 0.3) is 5.65 Å². The Balaban J connectivity index is 1.24. The van der Waals surface area contributed by atoms with Gasteiger partial charge in [-0.15, -0.1) is 0 Å². The molecule has 3 saturated carbocycles. The van der Waals surface area contributed by atoms with Gasteiger partial charge in [-0.05, 0) is 61.5 Å². The van der Waals surface area contributed by atoms with E-state index in [1.807, 2.05) is 12.3 Å². The van der Waals surface area contributed by atoms with Crippen molar-refractivity contribution in [3.8, 4) is 0 Å². The number of nitrogens with zero attached hydrogens (tertiary/aromatic N) is 3. The van der Waals surface area contributed by atoms with Crippen LogP contribution < -0.4 is 5.32 Å². The van der Waals surface area contributed by atoms with Gasteiger partial charge in [0, 0.05) is 32.1 Å². The van der Waals surface area contributed by atoms with E-state index in [0.717, 1.165) is 24.1 Å². The van der Waals surface area contributed by atoms with E-state index in [4.69, 9.17) is 0 Å². The summed E-state index contributed by atoms with van der Waals surface area (Å²) >= 11 is 0. The molecule has 2 aromatic rings. The fraction of sp³-hybridized carbons (Fsp3) is 0.696. The SMILES string of the molecule is O=C(CC1CC(F)(F)C1)NC(c1cnn2cc(CC3CCC(F)(F)CC3)nc2c1)C1CC1. The number of halogens is 4. The third-order valence-electron chi connectivity index (χ3n) is 7.14. The monoisotopic (exact) mass is 452 g/mol. The van der Waals surface area contributed by atoms with Crippen molar-refractivity contribution in [1.29, 1.82) is 0 Å². The van der Waals surface area contributed by atoms with Crippen molar-refractivity contribution >= 4 is 11.6 Å². The quantitative estimate of drug-likeness (QED) is 0.595. The maximum atomic E-state index is 13.4. The van der Waals surface area contributed by atoms with E-state index < -0.39 is 11.8 Å². The van der Waals surface area contributed by atoms with Crippen molar-refractivity contribution in [2.24, 2.45) is 17.8 Å². The third kappa shape index (κ3) is 4.91. The molecule has 0 aromatic carbocycles. The van der Waals surface area contributed by atoms with Gasteiger partial charge in [0.05, 0.1) is 24.1 Å². The number of carbonyl (C=O) groups is 1. The molecule has 0 radical (unpaired) electrons. The summed E-state index contributed by atoms with van der Waals surface area (Å²) in [7, 11) is 0. The molecule has 0 aliphatic heterocycles. The van der Waals surface area contributed by atoms with Crippen molar-refractivity contribution in [2.75, 3.05) is 0 Å². The first kappa shape index (κ1) is 21.6. The van der Waals surface area contributed by atoms with Gasteiger partial charge in [0.25, 0.3) is 0 Å². The van der Waals surface area contributed by atoms with Crippen LogP contribution in [0, 0.1) is 17.8 Å². The van der Waals surface area contributed by atoms with E-state index in [1.54, 1.807) is 10.7 Å². The number of nitrogens with one attached hydrogen (secondary N) is 1. The molecule has 5 nitrogen and oxygen atoms in total. The predicted octanol–water partition coefficient (Wildman–Crippen LogP) is 5.10. The summed E-state index contributed by atoms with van der Waals surface area (Å²) in [4.78, 5) is 17.1. The van der Waals surface area contributed by atoms with E-state index >= 15 is 0 Å². The van der Waals surface area contributed by atoms with Crippen molar-refractivity contribution in [3.05, 3.63) is 29.7 Å². The third-order valence-corrected chi connectivity index (χ3v) is 7.14. The molecular weight excluding hydrogens is 424 g/mol. The Morgan fingerprint density at radius 3 is 2.47 bits per heavy atom. The Morgan fingerprint density at radius 1 is 1.09 bits per heavy atom. The largest absolute Gasteiger partial charge is 0.349 e. The van der Waals surface area contributed by atoms with Gasteiger partial charge in [0.2, 0.25) is 17.8 Å². The average Bonchev–Trinajstić information content (AvgIpc) is 3.45. The molecule has 0 saturated heterocycles. The Morgan fingerprint density at radius 2 is 1.81 bits per heavy atom. The van der Waals surface area contributed by atoms with Crippen molar-refractivity contribution in [1.82, 2.24) is 19.9 Å². The van der Waals surface area contributed by atoms with Crippen LogP contribution in [0.5, 0.6) is 0 Å². The Hall–Kier alpha value is -2.19. The summed E-state index contributed by atoms with van der Waals surface area (Å²) in [5, 5.41) is 7.48. The molecule has 2 heterocycles. The number of hydrogen-bond acceptors (Lipinski definition) is 3. The van der Waals surface area contributed by atoms with Crippen LogP contribution in [0.2, 0.25) is 0 Å². The molecule has 1 unspecified atom stereocenters. The van der Waals surface area contributed by atoms with Gasteiger partial charge in [0.15, 0.2) is 5.65 Å². The second kappa shape index (κ2) is 7.99. The van der Waals surface area contributed by atoms with E-state index in [1.165, 1.54) is 0 Å². The molecule has 0 bridgehead atoms. The molecule has 3 aliphatic carbocycles. The van der Waals surface area contributed by atoms with Gasteiger partial charge < -0.3 is 5.32 Å². The number of alkyl halides is 4. The normalized spacial score (nSPS) is 24.2. The predicted molar refractivity (Wildman–Crippen MR) is 109 cm³/mol. The number of rotatable bonds is 7. The average molecular weight is 452 g/mol. The lowest BCUT2D eigenvalue weighted by Crippen LogP contribution is -2.39. The summed E-state index contributed by atoms with van der Waals surface area (Å²) in [6.45, 7) is 0. The fourth-order valence-electron chi connectivity index (χ4n) is 5.14. The van der Waals surface area contributed by atoms with Gasteiger partial charge >= 0.3 is 0 Å². The van der Waals surface area contributed by atoms with Crippen molar-refractivity contribution in [3.63, 3.8) is 0 Å². The first-order chi connectivity index (χ1) is 15.2. The van der Waals surface area contributed by atoms with Gasteiger partial charge in [-0.25, -0.2) is 27.1 Å². The number of carbonyl (C=O) groups excluding carboxylic acids is 1. The minimum absolute atomic E-state index is 0.0608. The van der Waals surface area contributed by atoms with Crippen LogP contribution in [-0.2, 0) is 11.2 Å². The second-order valence-electron chi connectivity index (χ2n) is 10.0. The zero-order valence-corrected chi connectivity index (χ0v) is 17.9. The highest BCUT2D eigenvalue weighted by Crippen LogP contribution is 2.45. The van der Waals surface area contributed by atoms with Crippen LogP contribution in [0.3, 0.4) is 0 Å². The van der Waals surface area contributed by atoms with Gasteiger partial charge in [-0.1, -0.05) is 0 Å². The van der Waals surface area contributed by atoms with Crippen LogP contribution in [0.1, 0.15) is 75.1 Å². The van der Waals surface area contributed by atoms with E-state index in [0.29, 0.717) is 30.8 Å². The molecular formula is C23H28F4N4O. The van der Waals surface area contributed by atoms with Crippen LogP contribution in [-0.4, -0.2) is 32.4 Å². The molecule has 1 atom stereocenters. The highest BCUT2D eigenvalue weighted by atomic mass is 19.3. The molecule has 9 heteroatoms. The van der Waals surface area contributed by atoms with E-state index in [2.05, 4.69) is 15.4 Å². The zero-order valence-electron chi connectivity index (χ0n) is 17.9. The molecule has 174 valence electrons. The zero-order chi connectivity index (χ0) is 22.5. The maximum absolute atomic E-state index is 13.4. The number of amides is 1. The first-order valence-electron chi connectivity index (χ1n) is 11.5. The smallest absolute Gasteiger partial charge is 0.248 e. The van der Waals surface area contributed by atoms with Crippen LogP contribution in [0.15, 0.2) is 18.5 Å². The number of imidazole rings is 1. The summed E-state index contributed by atoms with van der Waals surface area (Å²) in [5.74, 6) is -5.07. The van der Waals surface area contributed by atoms with E-state index in [-0.39, 0.29) is 55.9 Å². The summed E-state index contributed by atoms with van der Waals surface area (Å²) in [6, 6.07) is 1.72. The minimum Gasteiger partial charge on any atom is -0.349 e. The molecule has 1 N–H and O–H groups in total. The summed E-state index contributed by atoms with van der Waals surface area (Å²) < 4.78 is 54.6. The maximum Gasteiger partial charge on any atom is 0.248 e. The Bertz CT molecular complexity index is 985.